The van der Waals surface area contributed by atoms with Crippen molar-refractivity contribution in [3.63, 3.8) is 0 Å². The van der Waals surface area contributed by atoms with Crippen LogP contribution in [0.2, 0.25) is 0 Å². The van der Waals surface area contributed by atoms with Crippen molar-refractivity contribution in [2.75, 3.05) is 19.8 Å². The lowest BCUT2D eigenvalue weighted by Crippen LogP contribution is -2.23. The first-order chi connectivity index (χ1) is 13.9. The van der Waals surface area contributed by atoms with E-state index in [0.29, 0.717) is 6.42 Å². The van der Waals surface area contributed by atoms with Crippen molar-refractivity contribution in [2.45, 2.75) is 110 Å². The van der Waals surface area contributed by atoms with Gasteiger partial charge in [0.2, 0.25) is 0 Å². The Bertz CT molecular complexity index is 431. The first kappa shape index (κ1) is 28.5. The Labute approximate surface area is 177 Å². The van der Waals surface area contributed by atoms with E-state index in [2.05, 4.69) is 16.0 Å². The number of aliphatic hydroxyl groups is 1. The SMILES string of the molecule is CCCCCCCCCCCCCCCC(=O)OC[C@@H](O)COP(=O)(O)OCC. The quantitative estimate of drug-likeness (QED) is 0.138. The molecule has 0 radical (unpaired) electrons. The van der Waals surface area contributed by atoms with Gasteiger partial charge in [-0.2, -0.15) is 0 Å². The number of carbonyl (C=O) groups is 1. The minimum absolute atomic E-state index is 0.0258. The van der Waals surface area contributed by atoms with Crippen LogP contribution in [0.1, 0.15) is 104 Å². The van der Waals surface area contributed by atoms with Gasteiger partial charge in [-0.1, -0.05) is 84.0 Å². The van der Waals surface area contributed by atoms with Crippen molar-refractivity contribution in [3.05, 3.63) is 0 Å². The van der Waals surface area contributed by atoms with E-state index in [9.17, 15) is 19.4 Å². The van der Waals surface area contributed by atoms with Gasteiger partial charge >= 0.3 is 13.8 Å². The van der Waals surface area contributed by atoms with Gasteiger partial charge in [-0.05, 0) is 13.3 Å². The van der Waals surface area contributed by atoms with Crippen LogP contribution in [0.4, 0.5) is 0 Å². The summed E-state index contributed by atoms with van der Waals surface area (Å²) in [5, 5.41) is 9.62. The molecule has 0 bridgehead atoms. The summed E-state index contributed by atoms with van der Waals surface area (Å²) in [6.45, 7) is 3.13. The molecule has 0 amide bonds. The lowest BCUT2D eigenvalue weighted by Gasteiger charge is -2.14. The van der Waals surface area contributed by atoms with Gasteiger partial charge in [0.1, 0.15) is 12.7 Å². The Morgan fingerprint density at radius 1 is 0.793 bits per heavy atom. The Morgan fingerprint density at radius 3 is 1.76 bits per heavy atom. The zero-order valence-corrected chi connectivity index (χ0v) is 19.4. The summed E-state index contributed by atoms with van der Waals surface area (Å²) in [5.41, 5.74) is 0. The number of phosphoric acid groups is 1. The molecular formula is C21H43O7P. The molecule has 1 unspecified atom stereocenters. The van der Waals surface area contributed by atoms with Gasteiger partial charge in [-0.15, -0.1) is 0 Å². The van der Waals surface area contributed by atoms with Gasteiger partial charge in [-0.3, -0.25) is 13.8 Å². The summed E-state index contributed by atoms with van der Waals surface area (Å²) in [6, 6.07) is 0. The van der Waals surface area contributed by atoms with Crippen LogP contribution >= 0.6 is 7.82 Å². The van der Waals surface area contributed by atoms with E-state index < -0.39 is 20.5 Å². The Kier molecular flexibility index (Phi) is 19.2. The number of hydrogen-bond acceptors (Lipinski definition) is 6. The van der Waals surface area contributed by atoms with Gasteiger partial charge in [0.05, 0.1) is 13.2 Å². The highest BCUT2D eigenvalue weighted by molar-refractivity contribution is 7.47. The molecule has 0 aromatic carbocycles. The van der Waals surface area contributed by atoms with E-state index in [-0.39, 0.29) is 19.2 Å². The fourth-order valence-corrected chi connectivity index (χ4v) is 3.74. The lowest BCUT2D eigenvalue weighted by molar-refractivity contribution is -0.147. The number of ether oxygens (including phenoxy) is 1. The Hall–Kier alpha value is -0.460. The van der Waals surface area contributed by atoms with Crippen LogP contribution in [0.5, 0.6) is 0 Å². The second-order valence-corrected chi connectivity index (χ2v) is 8.97. The molecule has 0 aliphatic heterocycles. The first-order valence-electron chi connectivity index (χ1n) is 11.4. The predicted molar refractivity (Wildman–Crippen MR) is 115 cm³/mol. The van der Waals surface area contributed by atoms with Crippen LogP contribution in [0, 0.1) is 0 Å². The maximum absolute atomic E-state index is 11.6. The maximum atomic E-state index is 11.6. The predicted octanol–water partition coefficient (Wildman–Crippen LogP) is 5.53. The fourth-order valence-electron chi connectivity index (χ4n) is 2.98. The standard InChI is InChI=1S/C21H43O7P/c1-3-5-6-7-8-9-10-11-12-13-14-15-16-17-21(23)26-18-20(22)19-28-29(24,25)27-4-2/h20,22H,3-19H2,1-2H3,(H,24,25)/t20-/m1/s1. The van der Waals surface area contributed by atoms with Crippen LogP contribution in [0.25, 0.3) is 0 Å². The van der Waals surface area contributed by atoms with Crippen LogP contribution in [-0.4, -0.2) is 41.9 Å². The highest BCUT2D eigenvalue weighted by atomic mass is 31.2. The van der Waals surface area contributed by atoms with Crippen molar-refractivity contribution in [2.24, 2.45) is 0 Å². The fraction of sp³-hybridized carbons (Fsp3) is 0.952. The maximum Gasteiger partial charge on any atom is 0.472 e. The minimum Gasteiger partial charge on any atom is -0.463 e. The second-order valence-electron chi connectivity index (χ2n) is 7.51. The molecule has 8 heteroatoms. The molecule has 0 fully saturated rings. The molecule has 174 valence electrons. The second kappa shape index (κ2) is 19.5. The monoisotopic (exact) mass is 438 g/mol. The largest absolute Gasteiger partial charge is 0.472 e. The van der Waals surface area contributed by atoms with Crippen LogP contribution in [-0.2, 0) is 23.1 Å². The van der Waals surface area contributed by atoms with E-state index in [1.807, 2.05) is 0 Å². The number of unbranched alkanes of at least 4 members (excludes halogenated alkanes) is 12. The molecule has 0 heterocycles. The summed E-state index contributed by atoms with van der Waals surface area (Å²) < 4.78 is 25.4. The van der Waals surface area contributed by atoms with Crippen LogP contribution < -0.4 is 0 Å². The Morgan fingerprint density at radius 2 is 1.28 bits per heavy atom. The summed E-state index contributed by atoms with van der Waals surface area (Å²) in [5.74, 6) is -0.371. The third kappa shape index (κ3) is 20.6. The van der Waals surface area contributed by atoms with Crippen molar-refractivity contribution in [1.82, 2.24) is 0 Å². The van der Waals surface area contributed by atoms with Crippen LogP contribution in [0.15, 0.2) is 0 Å². The molecule has 7 nitrogen and oxygen atoms in total. The average Bonchev–Trinajstić information content (AvgIpc) is 2.68. The highest BCUT2D eigenvalue weighted by Crippen LogP contribution is 2.42. The number of rotatable bonds is 21. The number of carbonyl (C=O) groups excluding carboxylic acids is 1. The van der Waals surface area contributed by atoms with Crippen molar-refractivity contribution >= 4 is 13.8 Å². The molecule has 0 rings (SSSR count). The topological polar surface area (TPSA) is 102 Å². The van der Waals surface area contributed by atoms with Gasteiger partial charge in [-0.25, -0.2) is 4.57 Å². The van der Waals surface area contributed by atoms with E-state index >= 15 is 0 Å². The van der Waals surface area contributed by atoms with Gasteiger partial charge in [0, 0.05) is 6.42 Å². The summed E-state index contributed by atoms with van der Waals surface area (Å²) in [7, 11) is -4.14. The molecular weight excluding hydrogens is 395 g/mol. The number of esters is 1. The van der Waals surface area contributed by atoms with E-state index in [1.165, 1.54) is 64.2 Å². The molecule has 2 atom stereocenters. The lowest BCUT2D eigenvalue weighted by atomic mass is 10.0. The minimum atomic E-state index is -4.14. The smallest absolute Gasteiger partial charge is 0.463 e. The molecule has 2 N–H and O–H groups in total. The van der Waals surface area contributed by atoms with E-state index in [0.717, 1.165) is 19.3 Å². The Balaban J connectivity index is 3.42. The molecule has 0 saturated carbocycles. The number of hydrogen-bond donors (Lipinski definition) is 2. The van der Waals surface area contributed by atoms with E-state index in [1.54, 1.807) is 6.92 Å². The molecule has 0 spiro atoms. The zero-order valence-electron chi connectivity index (χ0n) is 18.5. The molecule has 0 aromatic rings. The molecule has 0 saturated heterocycles. The van der Waals surface area contributed by atoms with Gasteiger partial charge in [0.25, 0.3) is 0 Å². The van der Waals surface area contributed by atoms with Gasteiger partial charge in [0.15, 0.2) is 0 Å². The average molecular weight is 439 g/mol. The summed E-state index contributed by atoms with van der Waals surface area (Å²) >= 11 is 0. The zero-order chi connectivity index (χ0) is 21.8. The molecule has 29 heavy (non-hydrogen) atoms. The third-order valence-corrected chi connectivity index (χ3v) is 5.70. The molecule has 0 aliphatic carbocycles. The van der Waals surface area contributed by atoms with E-state index in [4.69, 9.17) is 4.74 Å². The third-order valence-electron chi connectivity index (χ3n) is 4.64. The first-order valence-corrected chi connectivity index (χ1v) is 12.9. The highest BCUT2D eigenvalue weighted by Gasteiger charge is 2.22. The summed E-state index contributed by atoms with van der Waals surface area (Å²) in [6.07, 6.45) is 15.3. The van der Waals surface area contributed by atoms with Crippen LogP contribution in [0.3, 0.4) is 0 Å². The number of aliphatic hydroxyl groups excluding tert-OH is 1. The molecule has 0 aliphatic rings. The van der Waals surface area contributed by atoms with Gasteiger partial charge < -0.3 is 14.7 Å². The summed E-state index contributed by atoms with van der Waals surface area (Å²) in [4.78, 5) is 20.9. The molecule has 0 aromatic heterocycles. The van der Waals surface area contributed by atoms with Crippen molar-refractivity contribution < 1.29 is 33.1 Å². The normalized spacial score (nSPS) is 14.5. The van der Waals surface area contributed by atoms with Crippen molar-refractivity contribution in [3.8, 4) is 0 Å². The van der Waals surface area contributed by atoms with Crippen molar-refractivity contribution in [1.29, 1.82) is 0 Å². The number of phosphoric ester groups is 1.